The quantitative estimate of drug-likeness (QED) is 0.440. The third-order valence-corrected chi connectivity index (χ3v) is 5.02. The first-order valence-electron chi connectivity index (χ1n) is 10.4. The van der Waals surface area contributed by atoms with Gasteiger partial charge in [0.05, 0.1) is 25.1 Å². The molecule has 0 amide bonds. The van der Waals surface area contributed by atoms with E-state index in [2.05, 4.69) is 22.1 Å². The molecule has 0 bridgehead atoms. The molecule has 0 radical (unpaired) electrons. The number of benzene rings is 1. The molecule has 0 aliphatic carbocycles. The van der Waals surface area contributed by atoms with Gasteiger partial charge in [0.25, 0.3) is 0 Å². The van der Waals surface area contributed by atoms with Crippen LogP contribution in [0.5, 0.6) is 5.75 Å². The Morgan fingerprint density at radius 2 is 1.87 bits per heavy atom. The predicted molar refractivity (Wildman–Crippen MR) is 121 cm³/mol. The summed E-state index contributed by atoms with van der Waals surface area (Å²) in [5.41, 5.74) is 4.96. The number of hydrogen-bond acceptors (Lipinski definition) is 3. The Hall–Kier alpha value is -3.47. The monoisotopic (exact) mass is 401 g/mol. The lowest BCUT2D eigenvalue weighted by Gasteiger charge is -2.05. The number of nitrogens with zero attached hydrogens (tertiary/aromatic N) is 1. The second-order valence-electron chi connectivity index (χ2n) is 7.23. The summed E-state index contributed by atoms with van der Waals surface area (Å²) in [5, 5.41) is 0. The van der Waals surface area contributed by atoms with Gasteiger partial charge in [-0.05, 0) is 68.2 Å². The van der Waals surface area contributed by atoms with Gasteiger partial charge in [0.2, 0.25) is 0 Å². The topological polar surface area (TPSA) is 62.4 Å². The summed E-state index contributed by atoms with van der Waals surface area (Å²) in [6.07, 6.45) is 10.2. The van der Waals surface area contributed by atoms with Gasteiger partial charge in [-0.25, -0.2) is 4.99 Å². The van der Waals surface area contributed by atoms with Crippen molar-refractivity contribution in [2.75, 3.05) is 13.7 Å². The molecule has 5 heteroatoms. The number of H-pyrrole nitrogens is 2. The number of aryl methyl sites for hydroxylation is 1. The zero-order chi connectivity index (χ0) is 20.6. The highest BCUT2D eigenvalue weighted by molar-refractivity contribution is 6.11. The Bertz CT molecular complexity index is 1030. The second-order valence-corrected chi connectivity index (χ2v) is 7.23. The predicted octanol–water partition coefficient (Wildman–Crippen LogP) is 5.51. The third-order valence-electron chi connectivity index (χ3n) is 5.02. The van der Waals surface area contributed by atoms with Crippen LogP contribution in [0.2, 0.25) is 0 Å². The number of unbranched alkanes of at least 4 members (excludes halogenated alkanes) is 2. The zero-order valence-corrected chi connectivity index (χ0v) is 17.2. The van der Waals surface area contributed by atoms with Crippen molar-refractivity contribution in [2.24, 2.45) is 4.99 Å². The fourth-order valence-corrected chi connectivity index (χ4v) is 3.45. The van der Waals surface area contributed by atoms with Crippen LogP contribution in [-0.4, -0.2) is 29.4 Å². The van der Waals surface area contributed by atoms with E-state index in [4.69, 9.17) is 14.5 Å². The maximum atomic E-state index is 5.75. The van der Waals surface area contributed by atoms with Crippen molar-refractivity contribution in [3.8, 4) is 5.75 Å². The van der Waals surface area contributed by atoms with E-state index in [1.165, 1.54) is 5.69 Å². The summed E-state index contributed by atoms with van der Waals surface area (Å²) >= 11 is 0. The number of rotatable bonds is 10. The van der Waals surface area contributed by atoms with Crippen molar-refractivity contribution >= 4 is 11.8 Å². The van der Waals surface area contributed by atoms with Crippen molar-refractivity contribution < 1.29 is 9.47 Å². The van der Waals surface area contributed by atoms with Gasteiger partial charge in [0.1, 0.15) is 17.2 Å². The van der Waals surface area contributed by atoms with E-state index in [0.29, 0.717) is 0 Å². The van der Waals surface area contributed by atoms with Crippen LogP contribution in [0.1, 0.15) is 36.3 Å². The van der Waals surface area contributed by atoms with E-state index in [-0.39, 0.29) is 0 Å². The number of aliphatic imine (C=N–C) groups is 1. The first-order chi connectivity index (χ1) is 14.8. The minimum atomic E-state index is 0.763. The zero-order valence-electron chi connectivity index (χ0n) is 17.2. The summed E-state index contributed by atoms with van der Waals surface area (Å²) in [6.45, 7) is 0.763. The number of aromatic amines is 2. The highest BCUT2D eigenvalue weighted by atomic mass is 16.5. The lowest BCUT2D eigenvalue weighted by atomic mass is 10.1. The first-order valence-corrected chi connectivity index (χ1v) is 10.4. The lowest BCUT2D eigenvalue weighted by Crippen LogP contribution is -1.97. The van der Waals surface area contributed by atoms with Crippen LogP contribution >= 0.6 is 0 Å². The summed E-state index contributed by atoms with van der Waals surface area (Å²) < 4.78 is 11.2. The number of nitrogens with one attached hydrogen (secondary N) is 2. The highest BCUT2D eigenvalue weighted by Gasteiger charge is 2.17. The van der Waals surface area contributed by atoms with Gasteiger partial charge in [-0.15, -0.1) is 0 Å². The van der Waals surface area contributed by atoms with E-state index in [1.54, 1.807) is 7.11 Å². The number of aromatic nitrogens is 2. The van der Waals surface area contributed by atoms with E-state index in [0.717, 1.165) is 66.6 Å². The summed E-state index contributed by atoms with van der Waals surface area (Å²) in [6, 6.07) is 18.2. The fraction of sp³-hybridized carbons (Fsp3) is 0.240. The highest BCUT2D eigenvalue weighted by Crippen LogP contribution is 2.24. The summed E-state index contributed by atoms with van der Waals surface area (Å²) in [5.74, 6) is 1.71. The Morgan fingerprint density at radius 3 is 2.67 bits per heavy atom. The maximum Gasteiger partial charge on any atom is 0.146 e. The average molecular weight is 402 g/mol. The molecular weight excluding hydrogens is 374 g/mol. The largest absolute Gasteiger partial charge is 0.494 e. The molecule has 0 saturated heterocycles. The normalized spacial score (nSPS) is 14.6. The average Bonchev–Trinajstić information content (AvgIpc) is 3.52. The van der Waals surface area contributed by atoms with E-state index in [9.17, 15) is 0 Å². The van der Waals surface area contributed by atoms with Gasteiger partial charge < -0.3 is 19.4 Å². The van der Waals surface area contributed by atoms with Gasteiger partial charge in [0.15, 0.2) is 0 Å². The molecule has 4 rings (SSSR count). The van der Waals surface area contributed by atoms with Crippen LogP contribution in [-0.2, 0) is 11.2 Å². The Morgan fingerprint density at radius 1 is 0.967 bits per heavy atom. The Labute approximate surface area is 177 Å². The van der Waals surface area contributed by atoms with Crippen molar-refractivity contribution in [3.05, 3.63) is 95.4 Å². The van der Waals surface area contributed by atoms with Crippen LogP contribution in [0, 0.1) is 0 Å². The Kier molecular flexibility index (Phi) is 6.50. The minimum Gasteiger partial charge on any atom is -0.494 e. The molecule has 1 aliphatic heterocycles. The molecule has 3 heterocycles. The molecule has 154 valence electrons. The van der Waals surface area contributed by atoms with Crippen molar-refractivity contribution in [2.45, 2.75) is 25.7 Å². The lowest BCUT2D eigenvalue weighted by molar-refractivity contribution is 0.303. The van der Waals surface area contributed by atoms with Crippen LogP contribution < -0.4 is 4.74 Å². The first kappa shape index (κ1) is 19.8. The van der Waals surface area contributed by atoms with Gasteiger partial charge in [-0.2, -0.15) is 0 Å². The number of ether oxygens (including phenoxy) is 2. The molecule has 3 aromatic rings. The molecule has 0 saturated carbocycles. The molecule has 0 unspecified atom stereocenters. The molecule has 5 nitrogen and oxygen atoms in total. The van der Waals surface area contributed by atoms with Gasteiger partial charge >= 0.3 is 0 Å². The fourth-order valence-electron chi connectivity index (χ4n) is 3.45. The van der Waals surface area contributed by atoms with Crippen molar-refractivity contribution in [3.63, 3.8) is 0 Å². The number of allylic oxidation sites excluding steroid dienone is 1. The molecule has 0 spiro atoms. The van der Waals surface area contributed by atoms with Gasteiger partial charge in [-0.1, -0.05) is 18.2 Å². The molecule has 2 N–H and O–H groups in total. The number of hydrogen-bond donors (Lipinski definition) is 2. The van der Waals surface area contributed by atoms with Crippen molar-refractivity contribution in [1.29, 1.82) is 0 Å². The van der Waals surface area contributed by atoms with E-state index < -0.39 is 0 Å². The van der Waals surface area contributed by atoms with Crippen LogP contribution in [0.4, 0.5) is 0 Å². The van der Waals surface area contributed by atoms with E-state index in [1.807, 2.05) is 60.8 Å². The van der Waals surface area contributed by atoms with Gasteiger partial charge in [0, 0.05) is 23.7 Å². The van der Waals surface area contributed by atoms with Gasteiger partial charge in [-0.3, -0.25) is 0 Å². The van der Waals surface area contributed by atoms with Crippen molar-refractivity contribution in [1.82, 2.24) is 9.97 Å². The maximum absolute atomic E-state index is 5.75. The molecular formula is C25H27N3O2. The molecule has 30 heavy (non-hydrogen) atoms. The molecule has 0 atom stereocenters. The third kappa shape index (κ3) is 5.11. The Balaban J connectivity index is 1.26. The molecule has 2 aromatic heterocycles. The number of para-hydroxylation sites is 1. The van der Waals surface area contributed by atoms with Crippen LogP contribution in [0.15, 0.2) is 83.3 Å². The minimum absolute atomic E-state index is 0.763. The van der Waals surface area contributed by atoms with Crippen LogP contribution in [0.25, 0.3) is 6.08 Å². The number of methoxy groups -OCH3 is 1. The molecule has 1 aromatic carbocycles. The standard InChI is InChI=1S/C25H27N3O2/c1-29-25-18-23(22-12-8-15-26-22)28-24(25)17-20-14-13-19(27-20)9-4-3-7-16-30-21-10-5-2-6-11-21/h2,5-6,8,10-15,17-18,26-27H,3-4,7,9,16H2,1H3/b24-17-. The smallest absolute Gasteiger partial charge is 0.146 e. The SMILES string of the molecule is COC1=CC(c2ccc[nH]2)=N/C1=C\c1ccc(CCCCCOc2ccccc2)[nH]1. The summed E-state index contributed by atoms with van der Waals surface area (Å²) in [4.78, 5) is 11.4. The second kappa shape index (κ2) is 9.83. The molecule has 1 aliphatic rings. The molecule has 0 fully saturated rings. The summed E-state index contributed by atoms with van der Waals surface area (Å²) in [7, 11) is 1.68. The van der Waals surface area contributed by atoms with Crippen LogP contribution in [0.3, 0.4) is 0 Å². The van der Waals surface area contributed by atoms with E-state index >= 15 is 0 Å².